The predicted molar refractivity (Wildman–Crippen MR) is 86.7 cm³/mol. The van der Waals surface area contributed by atoms with Crippen LogP contribution in [0.4, 0.5) is 4.39 Å². The van der Waals surface area contributed by atoms with Gasteiger partial charge in [0.15, 0.2) is 0 Å². The molecule has 0 saturated carbocycles. The van der Waals surface area contributed by atoms with E-state index in [4.69, 9.17) is 4.42 Å². The molecule has 1 aliphatic rings. The van der Waals surface area contributed by atoms with Crippen LogP contribution in [0.25, 0.3) is 0 Å². The van der Waals surface area contributed by atoms with Crippen LogP contribution in [0.1, 0.15) is 60.5 Å². The second kappa shape index (κ2) is 6.99. The molecule has 0 N–H and O–H groups in total. The van der Waals surface area contributed by atoms with Crippen LogP contribution < -0.4 is 0 Å². The first-order valence-corrected chi connectivity index (χ1v) is 8.34. The lowest BCUT2D eigenvalue weighted by molar-refractivity contribution is 0.0656. The Bertz CT molecular complexity index is 680. The van der Waals surface area contributed by atoms with E-state index < -0.39 is 0 Å². The number of benzene rings is 1. The summed E-state index contributed by atoms with van der Waals surface area (Å²) in [4.78, 5) is 14.7. The van der Waals surface area contributed by atoms with Gasteiger partial charge in [0, 0.05) is 18.5 Å². The summed E-state index contributed by atoms with van der Waals surface area (Å²) in [5.41, 5.74) is 0.402. The molecule has 4 heteroatoms. The normalized spacial score (nSPS) is 18.7. The van der Waals surface area contributed by atoms with E-state index in [0.717, 1.165) is 43.6 Å². The molecule has 3 rings (SSSR count). The van der Waals surface area contributed by atoms with Crippen LogP contribution in [-0.2, 0) is 6.42 Å². The van der Waals surface area contributed by atoms with Gasteiger partial charge in [-0.3, -0.25) is 4.79 Å². The van der Waals surface area contributed by atoms with Crippen LogP contribution in [0, 0.1) is 5.82 Å². The molecule has 122 valence electrons. The summed E-state index contributed by atoms with van der Waals surface area (Å²) in [6, 6.07) is 9.81. The van der Waals surface area contributed by atoms with Crippen molar-refractivity contribution < 1.29 is 13.6 Å². The van der Waals surface area contributed by atoms with E-state index in [-0.39, 0.29) is 17.8 Å². The van der Waals surface area contributed by atoms with Gasteiger partial charge in [-0.1, -0.05) is 25.8 Å². The fourth-order valence-corrected chi connectivity index (χ4v) is 3.20. The van der Waals surface area contributed by atoms with Gasteiger partial charge in [0.05, 0.1) is 6.04 Å². The molecule has 1 aliphatic heterocycles. The molecule has 1 fully saturated rings. The van der Waals surface area contributed by atoms with E-state index in [1.165, 1.54) is 12.1 Å². The fraction of sp³-hybridized carbons (Fsp3) is 0.421. The van der Waals surface area contributed by atoms with E-state index in [0.29, 0.717) is 12.1 Å². The first kappa shape index (κ1) is 15.8. The number of likely N-dealkylation sites (tertiary alicyclic amines) is 1. The van der Waals surface area contributed by atoms with Crippen molar-refractivity contribution in [3.8, 4) is 0 Å². The van der Waals surface area contributed by atoms with Gasteiger partial charge in [-0.15, -0.1) is 0 Å². The third-order valence-electron chi connectivity index (χ3n) is 4.44. The number of amides is 1. The van der Waals surface area contributed by atoms with Crippen molar-refractivity contribution in [2.45, 2.75) is 45.1 Å². The Hall–Kier alpha value is -2.10. The minimum atomic E-state index is -0.381. The van der Waals surface area contributed by atoms with Crippen LogP contribution in [0.2, 0.25) is 0 Å². The van der Waals surface area contributed by atoms with Gasteiger partial charge < -0.3 is 9.32 Å². The quantitative estimate of drug-likeness (QED) is 0.820. The second-order valence-corrected chi connectivity index (χ2v) is 6.03. The minimum Gasteiger partial charge on any atom is -0.464 e. The van der Waals surface area contributed by atoms with Gasteiger partial charge in [-0.2, -0.15) is 0 Å². The summed E-state index contributed by atoms with van der Waals surface area (Å²) < 4.78 is 19.4. The molecule has 1 unspecified atom stereocenters. The van der Waals surface area contributed by atoms with E-state index in [1.807, 2.05) is 24.0 Å². The zero-order valence-corrected chi connectivity index (χ0v) is 13.4. The van der Waals surface area contributed by atoms with Gasteiger partial charge in [0.1, 0.15) is 17.3 Å². The molecule has 3 nitrogen and oxygen atoms in total. The van der Waals surface area contributed by atoms with Gasteiger partial charge in [0.2, 0.25) is 0 Å². The van der Waals surface area contributed by atoms with Crippen LogP contribution in [0.5, 0.6) is 0 Å². The van der Waals surface area contributed by atoms with Gasteiger partial charge in [-0.05, 0) is 43.2 Å². The summed E-state index contributed by atoms with van der Waals surface area (Å²) in [6.45, 7) is 2.73. The van der Waals surface area contributed by atoms with Crippen molar-refractivity contribution in [1.82, 2.24) is 4.90 Å². The molecule has 0 spiro atoms. The van der Waals surface area contributed by atoms with Crippen molar-refractivity contribution in [2.24, 2.45) is 0 Å². The Morgan fingerprint density at radius 1 is 1.26 bits per heavy atom. The van der Waals surface area contributed by atoms with Crippen molar-refractivity contribution >= 4 is 5.91 Å². The highest BCUT2D eigenvalue weighted by Gasteiger charge is 2.29. The third-order valence-corrected chi connectivity index (χ3v) is 4.44. The molecule has 2 heterocycles. The highest BCUT2D eigenvalue weighted by atomic mass is 19.1. The molecule has 1 amide bonds. The molecule has 1 saturated heterocycles. The lowest BCUT2D eigenvalue weighted by Crippen LogP contribution is -2.34. The number of halogens is 1. The zero-order chi connectivity index (χ0) is 16.2. The minimum absolute atomic E-state index is 0.0615. The van der Waals surface area contributed by atoms with Crippen molar-refractivity contribution in [1.29, 1.82) is 0 Å². The topological polar surface area (TPSA) is 33.5 Å². The maximum Gasteiger partial charge on any atom is 0.254 e. The number of carbonyl (C=O) groups is 1. The first-order chi connectivity index (χ1) is 11.2. The average molecular weight is 315 g/mol. The van der Waals surface area contributed by atoms with Gasteiger partial charge >= 0.3 is 0 Å². The fourth-order valence-electron chi connectivity index (χ4n) is 3.20. The number of carbonyl (C=O) groups excluding carboxylic acids is 1. The van der Waals surface area contributed by atoms with Crippen LogP contribution in [0.3, 0.4) is 0 Å². The number of furan rings is 1. The van der Waals surface area contributed by atoms with Gasteiger partial charge in [0.25, 0.3) is 5.91 Å². The molecular weight excluding hydrogens is 293 g/mol. The number of hydrogen-bond donors (Lipinski definition) is 0. The van der Waals surface area contributed by atoms with E-state index in [2.05, 4.69) is 0 Å². The number of hydrogen-bond acceptors (Lipinski definition) is 2. The molecule has 0 bridgehead atoms. The Morgan fingerprint density at radius 2 is 2.13 bits per heavy atom. The molecule has 23 heavy (non-hydrogen) atoms. The van der Waals surface area contributed by atoms with E-state index in [9.17, 15) is 9.18 Å². The van der Waals surface area contributed by atoms with Gasteiger partial charge in [-0.25, -0.2) is 4.39 Å². The number of nitrogens with zero attached hydrogens (tertiary/aromatic N) is 1. The molecule has 2 aromatic rings. The third kappa shape index (κ3) is 3.46. The Labute approximate surface area is 136 Å². The summed E-state index contributed by atoms with van der Waals surface area (Å²) in [5.74, 6) is 1.27. The van der Waals surface area contributed by atoms with E-state index in [1.54, 1.807) is 12.1 Å². The molecule has 1 atom stereocenters. The highest BCUT2D eigenvalue weighted by Crippen LogP contribution is 2.32. The summed E-state index contributed by atoms with van der Waals surface area (Å²) in [5, 5.41) is 0. The molecule has 0 radical (unpaired) electrons. The number of aryl methyl sites for hydroxylation is 1. The Morgan fingerprint density at radius 3 is 2.87 bits per heavy atom. The maximum atomic E-state index is 13.5. The lowest BCUT2D eigenvalue weighted by atomic mass is 10.1. The van der Waals surface area contributed by atoms with Crippen LogP contribution in [0.15, 0.2) is 40.8 Å². The molecule has 0 aliphatic carbocycles. The zero-order valence-electron chi connectivity index (χ0n) is 13.4. The predicted octanol–water partition coefficient (Wildman–Crippen LogP) is 4.74. The van der Waals surface area contributed by atoms with Crippen molar-refractivity contribution in [2.75, 3.05) is 6.54 Å². The Kier molecular flexibility index (Phi) is 4.79. The average Bonchev–Trinajstić information content (AvgIpc) is 2.91. The molecule has 1 aromatic carbocycles. The number of rotatable bonds is 3. The largest absolute Gasteiger partial charge is 0.464 e. The maximum absolute atomic E-state index is 13.5. The smallest absolute Gasteiger partial charge is 0.254 e. The molecule has 1 aromatic heterocycles. The van der Waals surface area contributed by atoms with Crippen molar-refractivity contribution in [3.05, 3.63) is 59.3 Å². The van der Waals surface area contributed by atoms with E-state index >= 15 is 0 Å². The standard InChI is InChI=1S/C19H22FNO2/c1-2-16-10-11-18(23-16)17-9-4-3-5-12-21(17)19(22)14-7-6-8-15(20)13-14/h6-8,10-11,13,17H,2-5,9,12H2,1H3. The van der Waals surface area contributed by atoms with Crippen molar-refractivity contribution in [3.63, 3.8) is 0 Å². The highest BCUT2D eigenvalue weighted by molar-refractivity contribution is 5.94. The summed E-state index contributed by atoms with van der Waals surface area (Å²) in [7, 11) is 0. The first-order valence-electron chi connectivity index (χ1n) is 8.34. The lowest BCUT2D eigenvalue weighted by Gasteiger charge is -2.28. The monoisotopic (exact) mass is 315 g/mol. The second-order valence-electron chi connectivity index (χ2n) is 6.03. The Balaban J connectivity index is 1.90. The SMILES string of the molecule is CCc1ccc(C2CCCCCN2C(=O)c2cccc(F)c2)o1. The van der Waals surface area contributed by atoms with Crippen LogP contribution >= 0.6 is 0 Å². The summed E-state index contributed by atoms with van der Waals surface area (Å²) in [6.07, 6.45) is 4.87. The van der Waals surface area contributed by atoms with Crippen LogP contribution in [-0.4, -0.2) is 17.4 Å². The summed E-state index contributed by atoms with van der Waals surface area (Å²) >= 11 is 0. The molecular formula is C19H22FNO2.